The molecule has 1 fully saturated rings. The zero-order chi connectivity index (χ0) is 16.7. The summed E-state index contributed by atoms with van der Waals surface area (Å²) >= 11 is 0. The molecule has 0 aromatic heterocycles. The van der Waals surface area contributed by atoms with E-state index in [1.165, 1.54) is 0 Å². The molecule has 0 spiro atoms. The van der Waals surface area contributed by atoms with Gasteiger partial charge >= 0.3 is 0 Å². The van der Waals surface area contributed by atoms with E-state index in [4.69, 9.17) is 0 Å². The predicted octanol–water partition coefficient (Wildman–Crippen LogP) is 3.54. The van der Waals surface area contributed by atoms with Crippen molar-refractivity contribution in [2.24, 2.45) is 11.3 Å². The van der Waals surface area contributed by atoms with Crippen molar-refractivity contribution >= 4 is 9.84 Å². The fraction of sp³-hybridized carbons (Fsp3) is 0.316. The molecule has 2 aromatic rings. The van der Waals surface area contributed by atoms with Gasteiger partial charge in [0.25, 0.3) is 0 Å². The summed E-state index contributed by atoms with van der Waals surface area (Å²) in [7, 11) is -3.49. The topological polar surface area (TPSA) is 57.9 Å². The first-order valence-electron chi connectivity index (χ1n) is 7.67. The van der Waals surface area contributed by atoms with E-state index in [1.807, 2.05) is 44.2 Å². The smallest absolute Gasteiger partial charge is 0.183 e. The van der Waals surface area contributed by atoms with Crippen molar-refractivity contribution in [2.45, 2.75) is 30.4 Å². The summed E-state index contributed by atoms with van der Waals surface area (Å²) in [6.45, 7) is 3.79. The van der Waals surface area contributed by atoms with Gasteiger partial charge in [0.2, 0.25) is 0 Å². The summed E-state index contributed by atoms with van der Waals surface area (Å²) in [5, 5.41) is 9.06. The van der Waals surface area contributed by atoms with Crippen LogP contribution in [0.15, 0.2) is 59.5 Å². The molecule has 0 aliphatic heterocycles. The minimum absolute atomic E-state index is 0.168. The molecule has 3 rings (SSSR count). The molecule has 1 aliphatic carbocycles. The molecule has 1 saturated carbocycles. The Balaban J connectivity index is 1.94. The number of benzene rings is 2. The number of hydrogen-bond donors (Lipinski definition) is 0. The second-order valence-electron chi connectivity index (χ2n) is 6.38. The highest BCUT2D eigenvalue weighted by atomic mass is 32.2. The van der Waals surface area contributed by atoms with E-state index in [0.29, 0.717) is 11.3 Å². The highest BCUT2D eigenvalue weighted by Crippen LogP contribution is 2.59. The van der Waals surface area contributed by atoms with E-state index in [-0.39, 0.29) is 5.92 Å². The quantitative estimate of drug-likeness (QED) is 0.864. The fourth-order valence-corrected chi connectivity index (χ4v) is 5.82. The van der Waals surface area contributed by atoms with Gasteiger partial charge in [-0.05, 0) is 37.0 Å². The molecule has 2 aromatic carbocycles. The van der Waals surface area contributed by atoms with Crippen molar-refractivity contribution in [3.63, 3.8) is 0 Å². The Morgan fingerprint density at radius 3 is 2.26 bits per heavy atom. The van der Waals surface area contributed by atoms with Gasteiger partial charge in [-0.25, -0.2) is 8.42 Å². The minimum Gasteiger partial charge on any atom is -0.223 e. The van der Waals surface area contributed by atoms with Crippen molar-refractivity contribution in [1.29, 1.82) is 5.26 Å². The molecule has 3 nitrogen and oxygen atoms in total. The zero-order valence-corrected chi connectivity index (χ0v) is 14.0. The maximum Gasteiger partial charge on any atom is 0.183 e. The van der Waals surface area contributed by atoms with E-state index in [1.54, 1.807) is 24.3 Å². The van der Waals surface area contributed by atoms with Crippen LogP contribution in [0.5, 0.6) is 0 Å². The lowest BCUT2D eigenvalue weighted by atomic mass is 9.96. The average Bonchev–Trinajstić information content (AvgIpc) is 3.14. The van der Waals surface area contributed by atoms with Gasteiger partial charge in [-0.3, -0.25) is 0 Å². The third-order valence-corrected chi connectivity index (χ3v) is 7.32. The standard InChI is InChI=1S/C19H19NO2S/c1-14-8-10-17(11-9-14)23(21,22)18-15(2)19(18,13-20)12-16-6-4-3-5-7-16/h3-11,15,18H,12H2,1-2H3/t15-,18-,19+/m0/s1. The van der Waals surface area contributed by atoms with Crippen LogP contribution in [-0.2, 0) is 16.3 Å². The number of nitriles is 1. The summed E-state index contributed by atoms with van der Waals surface area (Å²) < 4.78 is 25.9. The third-order valence-electron chi connectivity index (χ3n) is 4.90. The van der Waals surface area contributed by atoms with Crippen molar-refractivity contribution in [2.75, 3.05) is 0 Å². The molecule has 1 aliphatic rings. The third kappa shape index (κ3) is 2.55. The van der Waals surface area contributed by atoms with Crippen LogP contribution in [0.25, 0.3) is 0 Å². The van der Waals surface area contributed by atoms with Crippen LogP contribution < -0.4 is 0 Å². The molecule has 0 N–H and O–H groups in total. The number of nitrogens with zero attached hydrogens (tertiary/aromatic N) is 1. The van der Waals surface area contributed by atoms with Crippen molar-refractivity contribution in [3.05, 3.63) is 65.7 Å². The largest absolute Gasteiger partial charge is 0.223 e. The fourth-order valence-electron chi connectivity index (χ4n) is 3.41. The number of rotatable bonds is 4. The lowest BCUT2D eigenvalue weighted by molar-refractivity contribution is 0.577. The van der Waals surface area contributed by atoms with E-state index in [9.17, 15) is 13.7 Å². The van der Waals surface area contributed by atoms with Gasteiger partial charge in [-0.2, -0.15) is 5.26 Å². The van der Waals surface area contributed by atoms with Crippen LogP contribution in [0.3, 0.4) is 0 Å². The molecule has 0 amide bonds. The van der Waals surface area contributed by atoms with E-state index in [2.05, 4.69) is 6.07 Å². The minimum atomic E-state index is -3.49. The molecule has 118 valence electrons. The number of hydrogen-bond acceptors (Lipinski definition) is 3. The van der Waals surface area contributed by atoms with E-state index in [0.717, 1.165) is 11.1 Å². The molecule has 0 unspecified atom stereocenters. The van der Waals surface area contributed by atoms with Crippen molar-refractivity contribution < 1.29 is 8.42 Å². The van der Waals surface area contributed by atoms with Gasteiger partial charge in [-0.15, -0.1) is 0 Å². The molecular weight excluding hydrogens is 306 g/mol. The highest BCUT2D eigenvalue weighted by molar-refractivity contribution is 7.92. The number of aryl methyl sites for hydroxylation is 1. The van der Waals surface area contributed by atoms with Crippen molar-refractivity contribution in [3.8, 4) is 6.07 Å². The monoisotopic (exact) mass is 325 g/mol. The first-order chi connectivity index (χ1) is 10.9. The molecule has 0 bridgehead atoms. The van der Waals surface area contributed by atoms with Crippen LogP contribution in [-0.4, -0.2) is 13.7 Å². The Labute approximate surface area is 137 Å². The van der Waals surface area contributed by atoms with Crippen molar-refractivity contribution in [1.82, 2.24) is 0 Å². The Kier molecular flexibility index (Phi) is 3.77. The molecule has 23 heavy (non-hydrogen) atoms. The second kappa shape index (κ2) is 5.50. The van der Waals surface area contributed by atoms with E-state index >= 15 is 0 Å². The molecule has 0 saturated heterocycles. The van der Waals surface area contributed by atoms with Crippen LogP contribution in [0.2, 0.25) is 0 Å². The predicted molar refractivity (Wildman–Crippen MR) is 89.5 cm³/mol. The Hall–Kier alpha value is -2.12. The van der Waals surface area contributed by atoms with E-state index < -0.39 is 20.5 Å². The summed E-state index contributed by atoms with van der Waals surface area (Å²) in [6.07, 6.45) is 0.473. The molecule has 3 atom stereocenters. The Morgan fingerprint density at radius 2 is 1.70 bits per heavy atom. The van der Waals surface area contributed by atoms with Crippen LogP contribution in [0, 0.1) is 29.6 Å². The number of sulfone groups is 1. The van der Waals surface area contributed by atoms with Gasteiger partial charge in [0.1, 0.15) is 0 Å². The first-order valence-corrected chi connectivity index (χ1v) is 9.22. The SMILES string of the molecule is Cc1ccc(S(=O)(=O)[C@H]2[C@H](C)[C@]2(C#N)Cc2ccccc2)cc1. The normalized spacial score (nSPS) is 26.5. The summed E-state index contributed by atoms with van der Waals surface area (Å²) in [4.78, 5) is 0.310. The maximum atomic E-state index is 12.9. The lowest BCUT2D eigenvalue weighted by Crippen LogP contribution is -2.17. The summed E-state index contributed by atoms with van der Waals surface area (Å²) in [5.41, 5.74) is 1.19. The van der Waals surface area contributed by atoms with Crippen LogP contribution >= 0.6 is 0 Å². The molecule has 0 radical (unpaired) electrons. The first kappa shape index (κ1) is 15.8. The van der Waals surface area contributed by atoms with Gasteiger partial charge in [0, 0.05) is 0 Å². The van der Waals surface area contributed by atoms with Crippen LogP contribution in [0.4, 0.5) is 0 Å². The average molecular weight is 325 g/mol. The second-order valence-corrected chi connectivity index (χ2v) is 8.45. The van der Waals surface area contributed by atoms with Crippen LogP contribution in [0.1, 0.15) is 18.1 Å². The molecule has 0 heterocycles. The zero-order valence-electron chi connectivity index (χ0n) is 13.2. The molecular formula is C19H19NO2S. The van der Waals surface area contributed by atoms with Gasteiger partial charge in [0.15, 0.2) is 9.84 Å². The lowest BCUT2D eigenvalue weighted by Gasteiger charge is -2.10. The highest BCUT2D eigenvalue weighted by Gasteiger charge is 2.68. The molecule has 4 heteroatoms. The Morgan fingerprint density at radius 1 is 1.09 bits per heavy atom. The summed E-state index contributed by atoms with van der Waals surface area (Å²) in [6, 6.07) is 18.8. The summed E-state index contributed by atoms with van der Waals surface area (Å²) in [5.74, 6) is -0.168. The maximum absolute atomic E-state index is 12.9. The van der Waals surface area contributed by atoms with Gasteiger partial charge in [-0.1, -0.05) is 55.0 Å². The van der Waals surface area contributed by atoms with Gasteiger partial charge in [0.05, 0.1) is 21.6 Å². The van der Waals surface area contributed by atoms with Gasteiger partial charge < -0.3 is 0 Å². The Bertz CT molecular complexity index is 850.